The standard InChI is InChI=1S/C7H10Si.C5H5.Fe/c1-8(2)7-5-3-4-6-7;1-2-4-5-3-1;/h3-6H,1-2H3;1-5H;. The van der Waals surface area contributed by atoms with Crippen molar-refractivity contribution >= 4 is 8.80 Å². The maximum atomic E-state index is 2.31. The van der Waals surface area contributed by atoms with Crippen LogP contribution in [0.4, 0.5) is 0 Å². The monoisotopic (exact) mass is 243 g/mol. The predicted octanol–water partition coefficient (Wildman–Crippen LogP) is 2.70. The van der Waals surface area contributed by atoms with Gasteiger partial charge in [-0.15, -0.1) is 0 Å². The summed E-state index contributed by atoms with van der Waals surface area (Å²) in [5.41, 5.74) is 1.54. The second-order valence-corrected chi connectivity index (χ2v) is 5.71. The van der Waals surface area contributed by atoms with Crippen LogP contribution in [0.15, 0.2) is 0 Å². The van der Waals surface area contributed by atoms with Gasteiger partial charge in [-0.05, 0) is 63.3 Å². The minimum absolute atomic E-state index is 0. The van der Waals surface area contributed by atoms with E-state index in [-0.39, 0.29) is 25.9 Å². The molecule has 2 aliphatic carbocycles. The van der Waals surface area contributed by atoms with E-state index >= 15 is 0 Å². The van der Waals surface area contributed by atoms with E-state index in [2.05, 4.69) is 38.8 Å². The average Bonchev–Trinajstić information content (AvgIpc) is 2.82. The molecule has 0 aromatic carbocycles. The van der Waals surface area contributed by atoms with Crippen LogP contribution in [-0.2, 0) is 17.1 Å². The van der Waals surface area contributed by atoms with Gasteiger partial charge >= 0.3 is 0 Å². The second-order valence-electron chi connectivity index (χ2n) is 3.14. The Hall–Kier alpha value is 0.736. The molecule has 0 aliphatic heterocycles. The van der Waals surface area contributed by atoms with Crippen LogP contribution in [0.3, 0.4) is 0 Å². The molecule has 2 rings (SSSR count). The summed E-state index contributed by atoms with van der Waals surface area (Å²) in [7, 11) is -0.169. The van der Waals surface area contributed by atoms with Gasteiger partial charge in [-0.3, -0.25) is 0 Å². The van der Waals surface area contributed by atoms with E-state index in [0.29, 0.717) is 0 Å². The largest absolute Gasteiger partial charge is 0.0708 e. The molecule has 2 aliphatic rings. The van der Waals surface area contributed by atoms with E-state index in [1.165, 1.54) is 5.54 Å². The zero-order chi connectivity index (χ0) is 9.52. The topological polar surface area (TPSA) is 0 Å². The first-order valence-corrected chi connectivity index (χ1v) is 6.99. The van der Waals surface area contributed by atoms with E-state index in [1.54, 1.807) is 0 Å². The predicted molar refractivity (Wildman–Crippen MR) is 59.4 cm³/mol. The molecule has 0 aromatic heterocycles. The number of hydrogen-bond acceptors (Lipinski definition) is 0. The van der Waals surface area contributed by atoms with Crippen LogP contribution in [0, 0.1) is 63.3 Å². The van der Waals surface area contributed by atoms with Crippen molar-refractivity contribution < 1.29 is 17.1 Å². The molecule has 0 atom stereocenters. The van der Waals surface area contributed by atoms with Crippen LogP contribution in [-0.4, -0.2) is 8.80 Å². The summed E-state index contributed by atoms with van der Waals surface area (Å²) in [5.74, 6) is 0. The van der Waals surface area contributed by atoms with E-state index < -0.39 is 0 Å². The van der Waals surface area contributed by atoms with Crippen molar-refractivity contribution in [3.8, 4) is 0 Å². The van der Waals surface area contributed by atoms with Crippen LogP contribution in [0.25, 0.3) is 0 Å². The van der Waals surface area contributed by atoms with E-state index in [4.69, 9.17) is 0 Å². The Kier molecular flexibility index (Phi) is 9.47. The summed E-state index contributed by atoms with van der Waals surface area (Å²) in [6.45, 7) is 4.61. The SMILES string of the molecule is C[Si](C)[C]1[CH][CH][CH][CH]1.[CH]1[CH][CH][CH][CH]1.[Fe]. The van der Waals surface area contributed by atoms with Crippen molar-refractivity contribution in [3.63, 3.8) is 0 Å². The van der Waals surface area contributed by atoms with Gasteiger partial charge < -0.3 is 0 Å². The number of rotatable bonds is 1. The Bertz CT molecular complexity index is 108. The quantitative estimate of drug-likeness (QED) is 0.621. The molecule has 0 bridgehead atoms. The molecule has 0 heterocycles. The summed E-state index contributed by atoms with van der Waals surface area (Å²) in [5, 5.41) is 0. The first-order valence-electron chi connectivity index (χ1n) is 4.49. The average molecular weight is 243 g/mol. The minimum atomic E-state index is -0.169. The van der Waals surface area contributed by atoms with Crippen molar-refractivity contribution in [2.24, 2.45) is 0 Å². The summed E-state index contributed by atoms with van der Waals surface area (Å²) in [6.07, 6.45) is 18.6. The first-order chi connectivity index (χ1) is 6.30. The second kappa shape index (κ2) is 9.00. The van der Waals surface area contributed by atoms with E-state index in [1.807, 2.05) is 32.1 Å². The van der Waals surface area contributed by atoms with Crippen molar-refractivity contribution in [3.05, 3.63) is 63.3 Å². The third kappa shape index (κ3) is 6.26. The first kappa shape index (κ1) is 14.7. The Morgan fingerprint density at radius 3 is 1.29 bits per heavy atom. The molecule has 11 radical (unpaired) electrons. The number of hydrogen-bond donors (Lipinski definition) is 0. The molecule has 2 saturated carbocycles. The Morgan fingerprint density at radius 2 is 1.07 bits per heavy atom. The van der Waals surface area contributed by atoms with E-state index in [0.717, 1.165) is 0 Å². The van der Waals surface area contributed by atoms with Gasteiger partial charge in [-0.2, -0.15) is 0 Å². The molecule has 0 saturated heterocycles. The fourth-order valence-electron chi connectivity index (χ4n) is 1.03. The summed E-state index contributed by atoms with van der Waals surface area (Å²) < 4.78 is 0. The maximum Gasteiger partial charge on any atom is 0.0492 e. The van der Waals surface area contributed by atoms with Gasteiger partial charge in [-0.1, -0.05) is 13.1 Å². The minimum Gasteiger partial charge on any atom is -0.0708 e. The molecule has 0 amide bonds. The maximum absolute atomic E-state index is 2.31. The van der Waals surface area contributed by atoms with Crippen LogP contribution >= 0.6 is 0 Å². The Labute approximate surface area is 102 Å². The van der Waals surface area contributed by atoms with Crippen molar-refractivity contribution in [1.82, 2.24) is 0 Å². The van der Waals surface area contributed by atoms with Crippen LogP contribution < -0.4 is 0 Å². The Balaban J connectivity index is 0.000000246. The van der Waals surface area contributed by atoms with E-state index in [9.17, 15) is 0 Å². The normalized spacial score (nSPS) is 21.6. The van der Waals surface area contributed by atoms with Gasteiger partial charge in [0, 0.05) is 25.9 Å². The molecule has 14 heavy (non-hydrogen) atoms. The van der Waals surface area contributed by atoms with Gasteiger partial charge in [0.2, 0.25) is 0 Å². The molecular weight excluding hydrogens is 228 g/mol. The zero-order valence-corrected chi connectivity index (χ0v) is 10.7. The zero-order valence-electron chi connectivity index (χ0n) is 8.55. The molecule has 75 valence electrons. The molecule has 0 nitrogen and oxygen atoms in total. The molecular formula is C12H15FeSi. The van der Waals surface area contributed by atoms with Crippen molar-refractivity contribution in [2.45, 2.75) is 13.1 Å². The fraction of sp³-hybridized carbons (Fsp3) is 0.167. The molecule has 0 unspecified atom stereocenters. The molecule has 0 aromatic rings. The van der Waals surface area contributed by atoms with Gasteiger partial charge in [-0.25, -0.2) is 0 Å². The molecule has 2 fully saturated rings. The van der Waals surface area contributed by atoms with Gasteiger partial charge in [0.05, 0.1) is 0 Å². The van der Waals surface area contributed by atoms with Gasteiger partial charge in [0.1, 0.15) is 0 Å². The summed E-state index contributed by atoms with van der Waals surface area (Å²) in [6, 6.07) is 0. The van der Waals surface area contributed by atoms with Gasteiger partial charge in [0.25, 0.3) is 0 Å². The van der Waals surface area contributed by atoms with Crippen molar-refractivity contribution in [2.75, 3.05) is 0 Å². The summed E-state index contributed by atoms with van der Waals surface area (Å²) >= 11 is 0. The third-order valence-corrected chi connectivity index (χ3v) is 3.28. The molecule has 0 spiro atoms. The van der Waals surface area contributed by atoms with Crippen LogP contribution in [0.1, 0.15) is 0 Å². The van der Waals surface area contributed by atoms with Crippen molar-refractivity contribution in [1.29, 1.82) is 0 Å². The summed E-state index contributed by atoms with van der Waals surface area (Å²) in [4.78, 5) is 0. The molecule has 2 heteroatoms. The third-order valence-electron chi connectivity index (χ3n) is 1.80. The fourth-order valence-corrected chi connectivity index (χ4v) is 1.89. The van der Waals surface area contributed by atoms with Crippen LogP contribution in [0.2, 0.25) is 13.1 Å². The smallest absolute Gasteiger partial charge is 0.0492 e. The molecule has 0 N–H and O–H groups in total. The Morgan fingerprint density at radius 1 is 0.714 bits per heavy atom. The van der Waals surface area contributed by atoms with Crippen LogP contribution in [0.5, 0.6) is 0 Å². The van der Waals surface area contributed by atoms with Gasteiger partial charge in [0.15, 0.2) is 0 Å².